The van der Waals surface area contributed by atoms with Crippen LogP contribution in [0.2, 0.25) is 0 Å². The van der Waals surface area contributed by atoms with Gasteiger partial charge in [0.15, 0.2) is 0 Å². The van der Waals surface area contributed by atoms with E-state index in [9.17, 15) is 0 Å². The van der Waals surface area contributed by atoms with E-state index in [0.29, 0.717) is 6.61 Å². The Morgan fingerprint density at radius 2 is 1.33 bits per heavy atom. The molecule has 0 aliphatic carbocycles. The van der Waals surface area contributed by atoms with Crippen LogP contribution in [0, 0.1) is 0 Å². The lowest BCUT2D eigenvalue weighted by atomic mass is 9.78. The van der Waals surface area contributed by atoms with Crippen LogP contribution in [0.25, 0.3) is 0 Å². The Labute approximate surface area is 189 Å². The molecule has 0 amide bonds. The summed E-state index contributed by atoms with van der Waals surface area (Å²) < 4.78 is 7.78. The van der Waals surface area contributed by atoms with E-state index >= 15 is 0 Å². The molecule has 0 saturated carbocycles. The van der Waals surface area contributed by atoms with Gasteiger partial charge in [0.2, 0.25) is 0 Å². The molecule has 1 aliphatic heterocycles. The van der Waals surface area contributed by atoms with E-state index in [2.05, 4.69) is 67.8 Å². The molecule has 4 heteroatoms. The highest BCUT2D eigenvalue weighted by atomic mass is 16.5. The van der Waals surface area contributed by atoms with E-state index in [1.807, 2.05) is 6.08 Å². The molecule has 1 N–H and O–H groups in total. The third-order valence-electron chi connectivity index (χ3n) is 6.98. The zero-order valence-electron chi connectivity index (χ0n) is 21.9. The van der Waals surface area contributed by atoms with Crippen molar-refractivity contribution in [2.24, 2.45) is 0 Å². The van der Waals surface area contributed by atoms with Crippen molar-refractivity contribution >= 4 is 0 Å². The first-order valence-electron chi connectivity index (χ1n) is 12.4. The molecule has 1 rings (SSSR count). The Morgan fingerprint density at radius 1 is 0.833 bits per heavy atom. The summed E-state index contributed by atoms with van der Waals surface area (Å²) in [7, 11) is 9.56. The molecule has 0 aromatic rings. The standard InChI is InChI=1S/C26H55N3O/c1-10-20-30-21-19-28(6,7)17-15-13-11-12-14-16-18-29(8,9)24-22-25(2,3)27-26(4,5)23-24/h10,24,27H,1,11-23H2,2-9H3/q+2. The summed E-state index contributed by atoms with van der Waals surface area (Å²) in [5.74, 6) is 0. The molecule has 1 aliphatic rings. The second kappa shape index (κ2) is 12.0. The molecule has 0 aromatic carbocycles. The zero-order valence-corrected chi connectivity index (χ0v) is 21.9. The monoisotopic (exact) mass is 425 g/mol. The van der Waals surface area contributed by atoms with E-state index in [4.69, 9.17) is 4.74 Å². The van der Waals surface area contributed by atoms with E-state index in [-0.39, 0.29) is 11.1 Å². The summed E-state index contributed by atoms with van der Waals surface area (Å²) in [5.41, 5.74) is 0.484. The SMILES string of the molecule is C=CCOCC[N+](C)(C)CCCCCCCC[N+](C)(C)C1CC(C)(C)NC(C)(C)C1. The first kappa shape index (κ1) is 27.6. The highest BCUT2D eigenvalue weighted by Gasteiger charge is 2.44. The van der Waals surface area contributed by atoms with Crippen LogP contribution in [0.15, 0.2) is 12.7 Å². The maximum atomic E-state index is 5.55. The van der Waals surface area contributed by atoms with E-state index in [1.165, 1.54) is 68.9 Å². The Bertz CT molecular complexity index is 481. The van der Waals surface area contributed by atoms with Crippen molar-refractivity contribution in [1.29, 1.82) is 0 Å². The largest absolute Gasteiger partial charge is 0.372 e. The second-order valence-corrected chi connectivity index (χ2v) is 12.3. The van der Waals surface area contributed by atoms with Crippen molar-refractivity contribution in [3.8, 4) is 0 Å². The average molecular weight is 426 g/mol. The Hall–Kier alpha value is -0.420. The highest BCUT2D eigenvalue weighted by molar-refractivity contribution is 4.97. The predicted molar refractivity (Wildman–Crippen MR) is 132 cm³/mol. The Balaban J connectivity index is 2.17. The number of rotatable bonds is 15. The zero-order chi connectivity index (χ0) is 22.9. The predicted octanol–water partition coefficient (Wildman–Crippen LogP) is 4.99. The number of likely N-dealkylation sites (N-methyl/N-ethyl adjacent to an activating group) is 1. The minimum absolute atomic E-state index is 0.242. The fraction of sp³-hybridized carbons (Fsp3) is 0.923. The molecule has 1 saturated heterocycles. The van der Waals surface area contributed by atoms with Crippen LogP contribution in [0.5, 0.6) is 0 Å². The summed E-state index contributed by atoms with van der Waals surface area (Å²) >= 11 is 0. The summed E-state index contributed by atoms with van der Waals surface area (Å²) in [6.07, 6.45) is 12.6. The molecule has 0 spiro atoms. The van der Waals surface area contributed by atoms with Crippen LogP contribution in [0.1, 0.15) is 79.1 Å². The van der Waals surface area contributed by atoms with Crippen molar-refractivity contribution in [3.63, 3.8) is 0 Å². The van der Waals surface area contributed by atoms with Gasteiger partial charge in [0, 0.05) is 23.9 Å². The normalized spacial score (nSPS) is 19.7. The number of hydrogen-bond donors (Lipinski definition) is 1. The summed E-state index contributed by atoms with van der Waals surface area (Å²) in [4.78, 5) is 0. The first-order valence-corrected chi connectivity index (χ1v) is 12.4. The van der Waals surface area contributed by atoms with Crippen LogP contribution in [-0.4, -0.2) is 87.1 Å². The van der Waals surface area contributed by atoms with Gasteiger partial charge in [-0.3, -0.25) is 0 Å². The number of piperidine rings is 1. The number of nitrogens with zero attached hydrogens (tertiary/aromatic N) is 2. The summed E-state index contributed by atoms with van der Waals surface area (Å²) in [5, 5.41) is 3.84. The van der Waals surface area contributed by atoms with E-state index in [1.54, 1.807) is 0 Å². The van der Waals surface area contributed by atoms with Gasteiger partial charge < -0.3 is 19.0 Å². The number of ether oxygens (including phenoxy) is 1. The van der Waals surface area contributed by atoms with Gasteiger partial charge in [0.25, 0.3) is 0 Å². The van der Waals surface area contributed by atoms with Crippen molar-refractivity contribution < 1.29 is 13.7 Å². The van der Waals surface area contributed by atoms with Gasteiger partial charge in [0.05, 0.1) is 60.5 Å². The lowest BCUT2D eigenvalue weighted by Crippen LogP contribution is -2.65. The molecule has 30 heavy (non-hydrogen) atoms. The fourth-order valence-corrected chi connectivity index (χ4v) is 5.30. The van der Waals surface area contributed by atoms with Gasteiger partial charge in [-0.05, 0) is 53.4 Å². The molecule has 178 valence electrons. The van der Waals surface area contributed by atoms with Gasteiger partial charge in [-0.1, -0.05) is 18.9 Å². The number of nitrogens with one attached hydrogen (secondary N) is 1. The fourth-order valence-electron chi connectivity index (χ4n) is 5.30. The molecule has 0 atom stereocenters. The molecule has 0 radical (unpaired) electrons. The van der Waals surface area contributed by atoms with Gasteiger partial charge in [-0.2, -0.15) is 0 Å². The number of unbranched alkanes of at least 4 members (excludes halogenated alkanes) is 5. The number of quaternary nitrogens is 2. The molecule has 1 fully saturated rings. The first-order chi connectivity index (χ1) is 13.8. The molecule has 0 unspecified atom stereocenters. The van der Waals surface area contributed by atoms with Crippen LogP contribution >= 0.6 is 0 Å². The highest BCUT2D eigenvalue weighted by Crippen LogP contribution is 2.33. The lowest BCUT2D eigenvalue weighted by Gasteiger charge is -2.51. The van der Waals surface area contributed by atoms with E-state index < -0.39 is 0 Å². The molecule has 0 aromatic heterocycles. The molecular formula is C26H55N3O+2. The minimum Gasteiger partial charge on any atom is -0.372 e. The van der Waals surface area contributed by atoms with Crippen LogP contribution in [0.4, 0.5) is 0 Å². The second-order valence-electron chi connectivity index (χ2n) is 12.3. The summed E-state index contributed by atoms with van der Waals surface area (Å²) in [6, 6.07) is 0.756. The van der Waals surface area contributed by atoms with Gasteiger partial charge in [0.1, 0.15) is 6.54 Å². The maximum Gasteiger partial charge on any atom is 0.102 e. The molecular weight excluding hydrogens is 370 g/mol. The van der Waals surface area contributed by atoms with Crippen molar-refractivity contribution in [2.45, 2.75) is 96.2 Å². The molecule has 0 bridgehead atoms. The quantitative estimate of drug-likeness (QED) is 0.227. The smallest absolute Gasteiger partial charge is 0.102 e. The molecule has 1 heterocycles. The van der Waals surface area contributed by atoms with Crippen molar-refractivity contribution in [2.75, 3.05) is 61.0 Å². The number of hydrogen-bond acceptors (Lipinski definition) is 2. The Kier molecular flexibility index (Phi) is 11.0. The minimum atomic E-state index is 0.242. The average Bonchev–Trinajstić information content (AvgIpc) is 2.58. The third kappa shape index (κ3) is 11.3. The Morgan fingerprint density at radius 3 is 1.87 bits per heavy atom. The van der Waals surface area contributed by atoms with Gasteiger partial charge in [-0.25, -0.2) is 0 Å². The third-order valence-corrected chi connectivity index (χ3v) is 6.98. The summed E-state index contributed by atoms with van der Waals surface area (Å²) in [6.45, 7) is 18.3. The maximum absolute atomic E-state index is 5.55. The van der Waals surface area contributed by atoms with Crippen molar-refractivity contribution in [1.82, 2.24) is 5.32 Å². The van der Waals surface area contributed by atoms with Gasteiger partial charge >= 0.3 is 0 Å². The topological polar surface area (TPSA) is 21.3 Å². The van der Waals surface area contributed by atoms with E-state index in [0.717, 1.165) is 23.7 Å². The molecule has 4 nitrogen and oxygen atoms in total. The van der Waals surface area contributed by atoms with Crippen LogP contribution in [0.3, 0.4) is 0 Å². The van der Waals surface area contributed by atoms with Crippen LogP contribution < -0.4 is 5.32 Å². The van der Waals surface area contributed by atoms with Crippen molar-refractivity contribution in [3.05, 3.63) is 12.7 Å². The van der Waals surface area contributed by atoms with Gasteiger partial charge in [-0.15, -0.1) is 6.58 Å². The lowest BCUT2D eigenvalue weighted by molar-refractivity contribution is -0.917. The van der Waals surface area contributed by atoms with Crippen LogP contribution in [-0.2, 0) is 4.74 Å².